The van der Waals surface area contributed by atoms with Crippen LogP contribution in [0.3, 0.4) is 0 Å². The molecule has 1 heteroatoms. The standard InChI is InChI=1S/C24H13Br/c25-24-18-9-4-3-8-16(18)23-21-13-15-7-2-1-6-14(15)12-20(21)17-10-5-11-19(24)22(17)23/h1-13H. The summed E-state index contributed by atoms with van der Waals surface area (Å²) in [4.78, 5) is 0. The lowest BCUT2D eigenvalue weighted by molar-refractivity contribution is 1.73. The van der Waals surface area contributed by atoms with Gasteiger partial charge < -0.3 is 0 Å². The molecule has 0 atom stereocenters. The molecule has 0 aliphatic heterocycles. The van der Waals surface area contributed by atoms with Crippen molar-refractivity contribution in [3.63, 3.8) is 0 Å². The zero-order valence-electron chi connectivity index (χ0n) is 13.4. The molecule has 0 heterocycles. The Bertz CT molecular complexity index is 1350. The van der Waals surface area contributed by atoms with Gasteiger partial charge in [-0.2, -0.15) is 0 Å². The Kier molecular flexibility index (Phi) is 2.57. The fraction of sp³-hybridized carbons (Fsp3) is 0. The van der Waals surface area contributed by atoms with Gasteiger partial charge in [0.05, 0.1) is 0 Å². The Balaban J connectivity index is 1.92. The van der Waals surface area contributed by atoms with E-state index < -0.39 is 0 Å². The van der Waals surface area contributed by atoms with E-state index in [1.807, 2.05) is 0 Å². The normalized spacial score (nSPS) is 12.2. The summed E-state index contributed by atoms with van der Waals surface area (Å²) in [5.74, 6) is 0. The highest BCUT2D eigenvalue weighted by Gasteiger charge is 2.25. The van der Waals surface area contributed by atoms with Crippen molar-refractivity contribution in [3.05, 3.63) is 83.3 Å². The highest BCUT2D eigenvalue weighted by molar-refractivity contribution is 9.10. The van der Waals surface area contributed by atoms with Gasteiger partial charge in [-0.25, -0.2) is 0 Å². The van der Waals surface area contributed by atoms with Gasteiger partial charge in [0.15, 0.2) is 0 Å². The van der Waals surface area contributed by atoms with Gasteiger partial charge in [0, 0.05) is 4.47 Å². The molecule has 0 fully saturated rings. The van der Waals surface area contributed by atoms with E-state index >= 15 is 0 Å². The van der Waals surface area contributed by atoms with E-state index in [0.717, 1.165) is 0 Å². The first-order valence-electron chi connectivity index (χ1n) is 8.49. The van der Waals surface area contributed by atoms with Crippen LogP contribution in [0.4, 0.5) is 0 Å². The highest BCUT2D eigenvalue weighted by Crippen LogP contribution is 2.53. The van der Waals surface area contributed by atoms with Crippen LogP contribution in [0, 0.1) is 0 Å². The van der Waals surface area contributed by atoms with Crippen molar-refractivity contribution >= 4 is 48.2 Å². The van der Waals surface area contributed by atoms with Gasteiger partial charge in [-0.3, -0.25) is 0 Å². The lowest BCUT2D eigenvalue weighted by Gasteiger charge is -2.11. The van der Waals surface area contributed by atoms with Crippen molar-refractivity contribution in [2.24, 2.45) is 0 Å². The first-order valence-corrected chi connectivity index (χ1v) is 9.29. The van der Waals surface area contributed by atoms with Crippen molar-refractivity contribution in [2.45, 2.75) is 0 Å². The fourth-order valence-corrected chi connectivity index (χ4v) is 5.03. The van der Waals surface area contributed by atoms with E-state index in [4.69, 9.17) is 0 Å². The summed E-state index contributed by atoms with van der Waals surface area (Å²) in [7, 11) is 0. The van der Waals surface area contributed by atoms with E-state index in [1.165, 1.54) is 59.0 Å². The Morgan fingerprint density at radius 1 is 0.520 bits per heavy atom. The second-order valence-electron chi connectivity index (χ2n) is 6.71. The molecule has 0 amide bonds. The van der Waals surface area contributed by atoms with Crippen molar-refractivity contribution in [3.8, 4) is 22.3 Å². The molecule has 0 aromatic heterocycles. The van der Waals surface area contributed by atoms with E-state index in [1.54, 1.807) is 0 Å². The van der Waals surface area contributed by atoms with Crippen LogP contribution < -0.4 is 0 Å². The minimum Gasteiger partial charge on any atom is -0.0616 e. The third kappa shape index (κ3) is 1.66. The third-order valence-corrected chi connectivity index (χ3v) is 6.28. The quantitative estimate of drug-likeness (QED) is 0.238. The lowest BCUT2D eigenvalue weighted by Crippen LogP contribution is -1.83. The lowest BCUT2D eigenvalue weighted by atomic mass is 9.95. The topological polar surface area (TPSA) is 0 Å². The van der Waals surface area contributed by atoms with Gasteiger partial charge >= 0.3 is 0 Å². The maximum Gasteiger partial charge on any atom is 0.0332 e. The first-order chi connectivity index (χ1) is 12.3. The molecule has 6 rings (SSSR count). The predicted molar refractivity (Wildman–Crippen MR) is 111 cm³/mol. The second-order valence-corrected chi connectivity index (χ2v) is 7.50. The van der Waals surface area contributed by atoms with Gasteiger partial charge in [0.2, 0.25) is 0 Å². The maximum absolute atomic E-state index is 3.87. The highest BCUT2D eigenvalue weighted by atomic mass is 79.9. The molecule has 0 spiro atoms. The first kappa shape index (κ1) is 13.6. The van der Waals surface area contributed by atoms with Crippen LogP contribution in [0.15, 0.2) is 83.3 Å². The molecule has 25 heavy (non-hydrogen) atoms. The van der Waals surface area contributed by atoms with E-state index in [9.17, 15) is 0 Å². The SMILES string of the molecule is Brc1c2ccccc2c2c3c(cccc13)-c1cc3ccccc3cc1-2. The number of benzene rings is 5. The molecule has 0 bridgehead atoms. The molecule has 0 unspecified atom stereocenters. The van der Waals surface area contributed by atoms with Crippen LogP contribution in [-0.2, 0) is 0 Å². The van der Waals surface area contributed by atoms with Crippen LogP contribution in [0.5, 0.6) is 0 Å². The van der Waals surface area contributed by atoms with Gasteiger partial charge in [0.1, 0.15) is 0 Å². The molecule has 1 aliphatic carbocycles. The number of hydrogen-bond donors (Lipinski definition) is 0. The van der Waals surface area contributed by atoms with Crippen LogP contribution in [0.1, 0.15) is 0 Å². The summed E-state index contributed by atoms with van der Waals surface area (Å²) in [6.45, 7) is 0. The molecule has 0 saturated heterocycles. The Hall–Kier alpha value is -2.64. The number of rotatable bonds is 0. The molecule has 116 valence electrons. The summed E-state index contributed by atoms with van der Waals surface area (Å²) in [5, 5.41) is 7.87. The molecule has 5 aromatic rings. The van der Waals surface area contributed by atoms with Gasteiger partial charge in [-0.15, -0.1) is 0 Å². The third-order valence-electron chi connectivity index (χ3n) is 5.43. The van der Waals surface area contributed by atoms with Crippen LogP contribution >= 0.6 is 15.9 Å². The number of fused-ring (bicyclic) bond motifs is 6. The molecule has 0 radical (unpaired) electrons. The average Bonchev–Trinajstić information content (AvgIpc) is 2.99. The molecule has 5 aromatic carbocycles. The Labute approximate surface area is 153 Å². The zero-order chi connectivity index (χ0) is 16.5. The van der Waals surface area contributed by atoms with Crippen LogP contribution in [0.25, 0.3) is 54.6 Å². The summed E-state index contributed by atoms with van der Waals surface area (Å²) in [6, 6.07) is 28.7. The molecule has 0 nitrogen and oxygen atoms in total. The van der Waals surface area contributed by atoms with Crippen molar-refractivity contribution in [1.29, 1.82) is 0 Å². The van der Waals surface area contributed by atoms with Crippen molar-refractivity contribution in [2.75, 3.05) is 0 Å². The maximum atomic E-state index is 3.87. The molecule has 1 aliphatic rings. The van der Waals surface area contributed by atoms with E-state index in [0.29, 0.717) is 0 Å². The van der Waals surface area contributed by atoms with Gasteiger partial charge in [0.25, 0.3) is 0 Å². The summed E-state index contributed by atoms with van der Waals surface area (Å²) < 4.78 is 1.20. The number of halogens is 1. The monoisotopic (exact) mass is 380 g/mol. The molecular formula is C24H13Br. The van der Waals surface area contributed by atoms with E-state index in [-0.39, 0.29) is 0 Å². The van der Waals surface area contributed by atoms with Crippen molar-refractivity contribution in [1.82, 2.24) is 0 Å². The molecular weight excluding hydrogens is 368 g/mol. The predicted octanol–water partition coefficient (Wildman–Crippen LogP) is 7.56. The molecule has 0 saturated carbocycles. The fourth-order valence-electron chi connectivity index (χ4n) is 4.35. The van der Waals surface area contributed by atoms with Crippen molar-refractivity contribution < 1.29 is 0 Å². The number of hydrogen-bond acceptors (Lipinski definition) is 0. The van der Waals surface area contributed by atoms with Gasteiger partial charge in [-0.05, 0) is 82.6 Å². The Morgan fingerprint density at radius 3 is 1.96 bits per heavy atom. The average molecular weight is 381 g/mol. The summed E-state index contributed by atoms with van der Waals surface area (Å²) >= 11 is 3.87. The summed E-state index contributed by atoms with van der Waals surface area (Å²) in [6.07, 6.45) is 0. The Morgan fingerprint density at radius 2 is 1.16 bits per heavy atom. The van der Waals surface area contributed by atoms with Gasteiger partial charge in [-0.1, -0.05) is 66.7 Å². The largest absolute Gasteiger partial charge is 0.0616 e. The smallest absolute Gasteiger partial charge is 0.0332 e. The minimum absolute atomic E-state index is 1.20. The summed E-state index contributed by atoms with van der Waals surface area (Å²) in [5.41, 5.74) is 5.43. The second kappa shape index (κ2) is 4.71. The molecule has 0 N–H and O–H groups in total. The van der Waals surface area contributed by atoms with Crippen LogP contribution in [-0.4, -0.2) is 0 Å². The van der Waals surface area contributed by atoms with E-state index in [2.05, 4.69) is 94.8 Å². The minimum atomic E-state index is 1.20. The van der Waals surface area contributed by atoms with Crippen LogP contribution in [0.2, 0.25) is 0 Å². The zero-order valence-corrected chi connectivity index (χ0v) is 15.0.